The summed E-state index contributed by atoms with van der Waals surface area (Å²) in [5.74, 6) is -0.0571. The van der Waals surface area contributed by atoms with Crippen molar-refractivity contribution < 1.29 is 18.7 Å². The highest BCUT2D eigenvalue weighted by Gasteiger charge is 2.40. The van der Waals surface area contributed by atoms with Gasteiger partial charge in [0.1, 0.15) is 27.9 Å². The molecule has 1 aliphatic heterocycles. The number of aryl methyl sites for hydroxylation is 1. The Morgan fingerprint density at radius 2 is 1.39 bits per heavy atom. The average molecular weight is 497 g/mol. The molecule has 0 atom stereocenters. The zero-order chi connectivity index (χ0) is 25.1. The predicted molar refractivity (Wildman–Crippen MR) is 140 cm³/mol. The van der Waals surface area contributed by atoms with Crippen LogP contribution in [-0.4, -0.2) is 11.8 Å². The summed E-state index contributed by atoms with van der Waals surface area (Å²) in [4.78, 5) is 29.2. The molecule has 0 saturated carbocycles. The van der Waals surface area contributed by atoms with Gasteiger partial charge in [-0.2, -0.15) is 0 Å². The molecule has 7 heteroatoms. The Kier molecular flexibility index (Phi) is 6.56. The molecular formula is C29H21FN2O3S. The molecule has 0 fully saturated rings. The van der Waals surface area contributed by atoms with Gasteiger partial charge in [0.05, 0.1) is 5.69 Å². The Labute approximate surface area is 212 Å². The van der Waals surface area contributed by atoms with Gasteiger partial charge in [0.2, 0.25) is 0 Å². The molecule has 0 aromatic heterocycles. The molecule has 5 rings (SSSR count). The second kappa shape index (κ2) is 10.1. The Morgan fingerprint density at radius 1 is 0.750 bits per heavy atom. The number of hydrogen-bond acceptors (Lipinski definition) is 5. The molecule has 5 nitrogen and oxygen atoms in total. The molecule has 0 radical (unpaired) electrons. The number of para-hydroxylation sites is 1. The number of nitrogens with one attached hydrogen (secondary N) is 1. The summed E-state index contributed by atoms with van der Waals surface area (Å²) in [7, 11) is 0. The minimum atomic E-state index is -0.490. The molecule has 178 valence electrons. The number of hydrogen-bond donors (Lipinski definition) is 1. The van der Waals surface area contributed by atoms with E-state index in [-0.39, 0.29) is 10.6 Å². The standard InChI is InChI=1S/C29H21FN2O3S/c1-19-7-17-25(18-8-19)36-27-26(31-21-11-9-20(30)10-12-21)28(33)32(29(27)34)22-13-15-24(16-14-22)35-23-5-3-2-4-6-23/h2-18,31H,1H3. The fourth-order valence-electron chi connectivity index (χ4n) is 3.64. The van der Waals surface area contributed by atoms with E-state index in [4.69, 9.17) is 4.74 Å². The third-order valence-electron chi connectivity index (χ3n) is 5.47. The van der Waals surface area contributed by atoms with Crippen LogP contribution in [0.2, 0.25) is 0 Å². The monoisotopic (exact) mass is 496 g/mol. The first-order valence-corrected chi connectivity index (χ1v) is 12.0. The molecule has 0 bridgehead atoms. The van der Waals surface area contributed by atoms with E-state index < -0.39 is 17.6 Å². The van der Waals surface area contributed by atoms with Gasteiger partial charge in [-0.05, 0) is 79.7 Å². The Bertz CT molecular complexity index is 1370. The van der Waals surface area contributed by atoms with Crippen molar-refractivity contribution in [1.82, 2.24) is 0 Å². The third kappa shape index (κ3) is 5.01. The molecule has 2 amide bonds. The highest BCUT2D eigenvalue weighted by molar-refractivity contribution is 8.04. The number of thioether (sulfide) groups is 1. The van der Waals surface area contributed by atoms with Crippen LogP contribution < -0.4 is 15.0 Å². The second-order valence-corrected chi connectivity index (χ2v) is 9.19. The van der Waals surface area contributed by atoms with Crippen LogP contribution in [0.5, 0.6) is 11.5 Å². The highest BCUT2D eigenvalue weighted by Crippen LogP contribution is 2.38. The van der Waals surface area contributed by atoms with E-state index in [1.807, 2.05) is 61.5 Å². The molecule has 0 spiro atoms. The number of benzene rings is 4. The summed E-state index contributed by atoms with van der Waals surface area (Å²) >= 11 is 1.21. The molecule has 1 aliphatic rings. The first-order valence-electron chi connectivity index (χ1n) is 11.2. The second-order valence-electron chi connectivity index (χ2n) is 8.11. The lowest BCUT2D eigenvalue weighted by molar-refractivity contribution is -0.120. The van der Waals surface area contributed by atoms with E-state index in [1.54, 1.807) is 24.3 Å². The van der Waals surface area contributed by atoms with Crippen molar-refractivity contribution in [3.05, 3.63) is 125 Å². The average Bonchev–Trinajstić information content (AvgIpc) is 3.12. The Balaban J connectivity index is 1.44. The van der Waals surface area contributed by atoms with E-state index in [2.05, 4.69) is 5.32 Å². The van der Waals surface area contributed by atoms with Crippen molar-refractivity contribution >= 4 is 35.0 Å². The van der Waals surface area contributed by atoms with E-state index >= 15 is 0 Å². The number of ether oxygens (including phenoxy) is 1. The van der Waals surface area contributed by atoms with Crippen molar-refractivity contribution in [3.63, 3.8) is 0 Å². The molecular weight excluding hydrogens is 475 g/mol. The lowest BCUT2D eigenvalue weighted by Crippen LogP contribution is -2.32. The van der Waals surface area contributed by atoms with Gasteiger partial charge in [0.15, 0.2) is 0 Å². The number of rotatable bonds is 7. The highest BCUT2D eigenvalue weighted by atomic mass is 32.2. The van der Waals surface area contributed by atoms with Gasteiger partial charge in [0, 0.05) is 10.6 Å². The summed E-state index contributed by atoms with van der Waals surface area (Å²) in [6, 6.07) is 29.4. The SMILES string of the molecule is Cc1ccc(SC2=C(Nc3ccc(F)cc3)C(=O)N(c3ccc(Oc4ccccc4)cc3)C2=O)cc1. The number of imide groups is 1. The molecule has 0 aliphatic carbocycles. The maximum atomic E-state index is 13.5. The number of carbonyl (C=O) groups excluding carboxylic acids is 2. The Hall–Kier alpha value is -4.36. The third-order valence-corrected chi connectivity index (χ3v) is 6.56. The van der Waals surface area contributed by atoms with Crippen molar-refractivity contribution in [3.8, 4) is 11.5 Å². The summed E-state index contributed by atoms with van der Waals surface area (Å²) in [5.41, 5.74) is 2.15. The van der Waals surface area contributed by atoms with Crippen molar-refractivity contribution in [2.24, 2.45) is 0 Å². The topological polar surface area (TPSA) is 58.6 Å². The molecule has 0 unspecified atom stereocenters. The van der Waals surface area contributed by atoms with E-state index in [9.17, 15) is 14.0 Å². The zero-order valence-corrected chi connectivity index (χ0v) is 20.1. The zero-order valence-electron chi connectivity index (χ0n) is 19.3. The molecule has 1 heterocycles. The van der Waals surface area contributed by atoms with E-state index in [0.717, 1.165) is 15.4 Å². The molecule has 1 N–H and O–H groups in total. The first kappa shape index (κ1) is 23.4. The minimum Gasteiger partial charge on any atom is -0.457 e. The van der Waals surface area contributed by atoms with E-state index in [0.29, 0.717) is 22.9 Å². The van der Waals surface area contributed by atoms with Crippen molar-refractivity contribution in [2.45, 2.75) is 11.8 Å². The maximum absolute atomic E-state index is 13.5. The van der Waals surface area contributed by atoms with Gasteiger partial charge < -0.3 is 10.1 Å². The minimum absolute atomic E-state index is 0.141. The smallest absolute Gasteiger partial charge is 0.283 e. The summed E-state index contributed by atoms with van der Waals surface area (Å²) in [6.45, 7) is 1.98. The molecule has 36 heavy (non-hydrogen) atoms. The van der Waals surface area contributed by atoms with E-state index in [1.165, 1.54) is 36.0 Å². The van der Waals surface area contributed by atoms with Crippen LogP contribution in [0, 0.1) is 12.7 Å². The quantitative estimate of drug-likeness (QED) is 0.282. The van der Waals surface area contributed by atoms with Gasteiger partial charge in [-0.15, -0.1) is 0 Å². The van der Waals surface area contributed by atoms with Crippen LogP contribution in [0.15, 0.2) is 119 Å². The largest absolute Gasteiger partial charge is 0.457 e. The van der Waals surface area contributed by atoms with Gasteiger partial charge in [0.25, 0.3) is 11.8 Å². The molecule has 4 aromatic rings. The molecule has 4 aromatic carbocycles. The van der Waals surface area contributed by atoms with Crippen LogP contribution in [0.25, 0.3) is 0 Å². The van der Waals surface area contributed by atoms with Gasteiger partial charge in [-0.25, -0.2) is 9.29 Å². The maximum Gasteiger partial charge on any atom is 0.283 e. The van der Waals surface area contributed by atoms with Crippen LogP contribution in [0.3, 0.4) is 0 Å². The van der Waals surface area contributed by atoms with Gasteiger partial charge >= 0.3 is 0 Å². The number of nitrogens with zero attached hydrogens (tertiary/aromatic N) is 1. The van der Waals surface area contributed by atoms with Gasteiger partial charge in [-0.3, -0.25) is 9.59 Å². The van der Waals surface area contributed by atoms with Crippen molar-refractivity contribution in [2.75, 3.05) is 10.2 Å². The summed E-state index contributed by atoms with van der Waals surface area (Å²) in [5, 5.41) is 3.03. The fourth-order valence-corrected chi connectivity index (χ4v) is 4.57. The predicted octanol–water partition coefficient (Wildman–Crippen LogP) is 6.92. The van der Waals surface area contributed by atoms with Crippen LogP contribution in [0.4, 0.5) is 15.8 Å². The lowest BCUT2D eigenvalue weighted by atomic mass is 10.2. The first-order chi connectivity index (χ1) is 17.5. The van der Waals surface area contributed by atoms with Crippen LogP contribution in [0.1, 0.15) is 5.56 Å². The van der Waals surface area contributed by atoms with Crippen LogP contribution in [-0.2, 0) is 9.59 Å². The summed E-state index contributed by atoms with van der Waals surface area (Å²) < 4.78 is 19.2. The summed E-state index contributed by atoms with van der Waals surface area (Å²) in [6.07, 6.45) is 0. The number of halogens is 1. The van der Waals surface area contributed by atoms with Crippen molar-refractivity contribution in [1.29, 1.82) is 0 Å². The number of carbonyl (C=O) groups is 2. The normalized spacial score (nSPS) is 13.3. The fraction of sp³-hybridized carbons (Fsp3) is 0.0345. The number of amides is 2. The number of anilines is 2. The van der Waals surface area contributed by atoms with Gasteiger partial charge in [-0.1, -0.05) is 47.7 Å². The lowest BCUT2D eigenvalue weighted by Gasteiger charge is -2.16. The Morgan fingerprint density at radius 3 is 2.06 bits per heavy atom. The van der Waals surface area contributed by atoms with Crippen LogP contribution >= 0.6 is 11.8 Å². The molecule has 0 saturated heterocycles.